The fourth-order valence-corrected chi connectivity index (χ4v) is 0.924. The molecule has 0 heterocycles. The van der Waals surface area contributed by atoms with E-state index in [1.807, 2.05) is 6.07 Å². The fourth-order valence-electron chi connectivity index (χ4n) is 0.924. The van der Waals surface area contributed by atoms with Crippen LogP contribution in [0, 0.1) is 11.9 Å². The Morgan fingerprint density at radius 1 is 1.45 bits per heavy atom. The van der Waals surface area contributed by atoms with Gasteiger partial charge in [0, 0.05) is 6.07 Å². The topological polar surface area (TPSA) is 26.0 Å². The Balaban J connectivity index is 2.56. The second-order valence-corrected chi connectivity index (χ2v) is 2.42. The maximum Gasteiger partial charge on any atom is 0.131 e. The summed E-state index contributed by atoms with van der Waals surface area (Å²) in [6.07, 6.45) is 1.70. The lowest BCUT2D eigenvalue weighted by atomic mass is 10.1. The molecule has 0 spiro atoms. The molecule has 11 heavy (non-hydrogen) atoms. The Hall–Kier alpha value is -0.890. The van der Waals surface area contributed by atoms with E-state index in [4.69, 9.17) is 5.73 Å². The van der Waals surface area contributed by atoms with Crippen molar-refractivity contribution in [2.75, 3.05) is 6.54 Å². The van der Waals surface area contributed by atoms with Crippen molar-refractivity contribution in [2.24, 2.45) is 5.73 Å². The first-order valence-electron chi connectivity index (χ1n) is 3.69. The Morgan fingerprint density at radius 3 is 2.91 bits per heavy atom. The number of hydrogen-bond acceptors (Lipinski definition) is 1. The van der Waals surface area contributed by atoms with Gasteiger partial charge in [-0.2, -0.15) is 0 Å². The summed E-state index contributed by atoms with van der Waals surface area (Å²) in [5.74, 6) is -0.292. The molecular weight excluding hydrogens is 141 g/mol. The van der Waals surface area contributed by atoms with E-state index < -0.39 is 0 Å². The van der Waals surface area contributed by atoms with Gasteiger partial charge < -0.3 is 5.73 Å². The van der Waals surface area contributed by atoms with Crippen molar-refractivity contribution >= 4 is 0 Å². The highest BCUT2D eigenvalue weighted by Crippen LogP contribution is 2.04. The zero-order valence-corrected chi connectivity index (χ0v) is 6.31. The summed E-state index contributed by atoms with van der Waals surface area (Å²) in [6.45, 7) is 0.643. The highest BCUT2D eigenvalue weighted by atomic mass is 19.1. The molecule has 1 rings (SSSR count). The van der Waals surface area contributed by atoms with Crippen LogP contribution in [0.2, 0.25) is 0 Å². The summed E-state index contributed by atoms with van der Waals surface area (Å²) in [4.78, 5) is 0. The molecular formula is C9H11FN. The second-order valence-electron chi connectivity index (χ2n) is 2.42. The van der Waals surface area contributed by atoms with E-state index >= 15 is 0 Å². The Kier molecular flexibility index (Phi) is 3.05. The average Bonchev–Trinajstić information content (AvgIpc) is 2.01. The number of rotatable bonds is 3. The summed E-state index contributed by atoms with van der Waals surface area (Å²) in [5.41, 5.74) is 6.21. The lowest BCUT2D eigenvalue weighted by Gasteiger charge is -1.97. The van der Waals surface area contributed by atoms with Crippen LogP contribution in [0.1, 0.15) is 12.0 Å². The minimum Gasteiger partial charge on any atom is -0.330 e. The molecule has 2 N–H and O–H groups in total. The zero-order valence-electron chi connectivity index (χ0n) is 6.31. The lowest BCUT2D eigenvalue weighted by molar-refractivity contribution is 0.622. The van der Waals surface area contributed by atoms with E-state index in [9.17, 15) is 4.39 Å². The van der Waals surface area contributed by atoms with Crippen LogP contribution in [0.4, 0.5) is 4.39 Å². The van der Waals surface area contributed by atoms with Crippen molar-refractivity contribution in [3.05, 3.63) is 35.6 Å². The van der Waals surface area contributed by atoms with E-state index in [2.05, 4.69) is 6.07 Å². The Labute approximate surface area is 66.0 Å². The standard InChI is InChI=1S/C9H11FN/c10-9-5-1-3-8(7-9)4-2-6-11/h1,3,5H,2,4,6,11H2. The average molecular weight is 152 g/mol. The van der Waals surface area contributed by atoms with Crippen molar-refractivity contribution in [1.29, 1.82) is 0 Å². The molecule has 0 fully saturated rings. The summed E-state index contributed by atoms with van der Waals surface area (Å²) < 4.78 is 12.5. The quantitative estimate of drug-likeness (QED) is 0.698. The van der Waals surface area contributed by atoms with Crippen LogP contribution in [0.15, 0.2) is 18.2 Å². The van der Waals surface area contributed by atoms with Crippen molar-refractivity contribution < 1.29 is 4.39 Å². The Bertz CT molecular complexity index is 223. The molecule has 2 heteroatoms. The minimum atomic E-state index is -0.292. The normalized spacial score (nSPS) is 10.0. The number of aryl methyl sites for hydroxylation is 1. The first-order valence-corrected chi connectivity index (χ1v) is 3.69. The number of benzene rings is 1. The maximum absolute atomic E-state index is 12.5. The van der Waals surface area contributed by atoms with Gasteiger partial charge in [0.15, 0.2) is 0 Å². The third-order valence-electron chi connectivity index (χ3n) is 1.47. The van der Waals surface area contributed by atoms with Crippen LogP contribution in [-0.4, -0.2) is 6.54 Å². The molecule has 0 saturated carbocycles. The summed E-state index contributed by atoms with van der Waals surface area (Å²) >= 11 is 0. The summed E-state index contributed by atoms with van der Waals surface area (Å²) in [5, 5.41) is 0. The molecule has 0 amide bonds. The fraction of sp³-hybridized carbons (Fsp3) is 0.333. The molecule has 0 aliphatic heterocycles. The van der Waals surface area contributed by atoms with Crippen molar-refractivity contribution in [1.82, 2.24) is 0 Å². The van der Waals surface area contributed by atoms with E-state index in [1.54, 1.807) is 6.07 Å². The molecule has 1 aromatic carbocycles. The largest absolute Gasteiger partial charge is 0.330 e. The molecule has 0 atom stereocenters. The number of halogens is 1. The molecule has 0 unspecified atom stereocenters. The van der Waals surface area contributed by atoms with Gasteiger partial charge >= 0.3 is 0 Å². The Morgan fingerprint density at radius 2 is 2.27 bits per heavy atom. The molecule has 0 aliphatic rings. The molecule has 0 aromatic heterocycles. The highest BCUT2D eigenvalue weighted by molar-refractivity contribution is 5.14. The SMILES string of the molecule is NCCCc1[c]c(F)ccc1. The van der Waals surface area contributed by atoms with Gasteiger partial charge in [0.1, 0.15) is 5.82 Å². The molecule has 0 bridgehead atoms. The molecule has 1 nitrogen and oxygen atoms in total. The second kappa shape index (κ2) is 4.09. The van der Waals surface area contributed by atoms with E-state index in [-0.39, 0.29) is 5.82 Å². The lowest BCUT2D eigenvalue weighted by Crippen LogP contribution is -2.00. The van der Waals surface area contributed by atoms with Crippen LogP contribution < -0.4 is 5.73 Å². The van der Waals surface area contributed by atoms with Crippen LogP contribution in [0.5, 0.6) is 0 Å². The first-order chi connectivity index (χ1) is 5.33. The van der Waals surface area contributed by atoms with E-state index in [0.29, 0.717) is 6.54 Å². The number of hydrogen-bond donors (Lipinski definition) is 1. The number of nitrogens with two attached hydrogens (primary N) is 1. The maximum atomic E-state index is 12.5. The smallest absolute Gasteiger partial charge is 0.131 e. The van der Waals surface area contributed by atoms with Gasteiger partial charge in [-0.05, 0) is 31.0 Å². The summed E-state index contributed by atoms with van der Waals surface area (Å²) in [6, 6.07) is 7.57. The van der Waals surface area contributed by atoms with Gasteiger partial charge in [0.25, 0.3) is 0 Å². The van der Waals surface area contributed by atoms with Gasteiger partial charge in [-0.3, -0.25) is 0 Å². The van der Waals surface area contributed by atoms with Crippen LogP contribution in [0.3, 0.4) is 0 Å². The molecule has 59 valence electrons. The third-order valence-corrected chi connectivity index (χ3v) is 1.47. The van der Waals surface area contributed by atoms with Crippen LogP contribution in [0.25, 0.3) is 0 Å². The third kappa shape index (κ3) is 2.68. The van der Waals surface area contributed by atoms with Crippen molar-refractivity contribution in [3.8, 4) is 0 Å². The monoisotopic (exact) mass is 152 g/mol. The van der Waals surface area contributed by atoms with E-state index in [0.717, 1.165) is 18.4 Å². The first kappa shape index (κ1) is 8.21. The van der Waals surface area contributed by atoms with Gasteiger partial charge in [0.2, 0.25) is 0 Å². The predicted molar refractivity (Wildman–Crippen MR) is 42.6 cm³/mol. The minimum absolute atomic E-state index is 0.292. The molecule has 1 aromatic rings. The van der Waals surface area contributed by atoms with E-state index in [1.165, 1.54) is 6.07 Å². The zero-order chi connectivity index (χ0) is 8.10. The van der Waals surface area contributed by atoms with Crippen LogP contribution >= 0.6 is 0 Å². The van der Waals surface area contributed by atoms with Crippen molar-refractivity contribution in [2.45, 2.75) is 12.8 Å². The van der Waals surface area contributed by atoms with Gasteiger partial charge in [-0.15, -0.1) is 0 Å². The van der Waals surface area contributed by atoms with Gasteiger partial charge in [-0.1, -0.05) is 12.1 Å². The van der Waals surface area contributed by atoms with Gasteiger partial charge in [0.05, 0.1) is 0 Å². The predicted octanol–water partition coefficient (Wildman–Crippen LogP) is 1.52. The van der Waals surface area contributed by atoms with Crippen LogP contribution in [-0.2, 0) is 6.42 Å². The molecule has 1 radical (unpaired) electrons. The molecule has 0 saturated heterocycles. The van der Waals surface area contributed by atoms with Gasteiger partial charge in [-0.25, -0.2) is 4.39 Å². The summed E-state index contributed by atoms with van der Waals surface area (Å²) in [7, 11) is 0. The highest BCUT2D eigenvalue weighted by Gasteiger charge is 1.93. The van der Waals surface area contributed by atoms with Crippen molar-refractivity contribution in [3.63, 3.8) is 0 Å². The molecule has 0 aliphatic carbocycles.